The van der Waals surface area contributed by atoms with Crippen LogP contribution >= 0.6 is 0 Å². The Morgan fingerprint density at radius 1 is 1.38 bits per heavy atom. The molecule has 76 valence electrons. The van der Waals surface area contributed by atoms with Gasteiger partial charge in [-0.15, -0.1) is 0 Å². The number of aliphatic carboxylic acids is 1. The molecule has 0 aliphatic carbocycles. The molecule has 1 atom stereocenters. The van der Waals surface area contributed by atoms with Crippen molar-refractivity contribution in [3.05, 3.63) is 0 Å². The zero-order chi connectivity index (χ0) is 10.6. The fourth-order valence-corrected chi connectivity index (χ4v) is 0.680. The molecule has 1 amide bonds. The Kier molecular flexibility index (Phi) is 3.87. The molecule has 0 aliphatic rings. The number of carbonyl (C=O) groups excluding carboxylic acids is 1. The van der Waals surface area contributed by atoms with E-state index in [-0.39, 0.29) is 0 Å². The lowest BCUT2D eigenvalue weighted by Crippen LogP contribution is -2.45. The van der Waals surface area contributed by atoms with E-state index >= 15 is 0 Å². The largest absolute Gasteiger partial charge is 0.478 e. The van der Waals surface area contributed by atoms with Gasteiger partial charge in [0.25, 0.3) is 0 Å². The lowest BCUT2D eigenvalue weighted by molar-refractivity contribution is -0.166. The van der Waals surface area contributed by atoms with Gasteiger partial charge in [0.05, 0.1) is 5.60 Å². The van der Waals surface area contributed by atoms with E-state index in [2.05, 4.69) is 5.32 Å². The molecular formula is C8H15NO4. The zero-order valence-electron chi connectivity index (χ0n) is 8.25. The highest BCUT2D eigenvalue weighted by Gasteiger charge is 2.25. The second kappa shape index (κ2) is 4.23. The molecule has 2 N–H and O–H groups in total. The van der Waals surface area contributed by atoms with Gasteiger partial charge in [-0.05, 0) is 20.8 Å². The fourth-order valence-electron chi connectivity index (χ4n) is 0.680. The maximum absolute atomic E-state index is 10.6. The molecule has 0 aromatic heterocycles. The number of hydrogen-bond donors (Lipinski definition) is 2. The maximum Gasteiger partial charge on any atom is 0.354 e. The molecule has 0 aliphatic heterocycles. The van der Waals surface area contributed by atoms with Crippen LogP contribution in [0.5, 0.6) is 0 Å². The van der Waals surface area contributed by atoms with Crippen LogP contribution in [0.3, 0.4) is 0 Å². The Balaban J connectivity index is 4.27. The van der Waals surface area contributed by atoms with E-state index in [9.17, 15) is 9.59 Å². The molecule has 0 aromatic rings. The van der Waals surface area contributed by atoms with Gasteiger partial charge in [0.1, 0.15) is 0 Å². The molecular weight excluding hydrogens is 174 g/mol. The van der Waals surface area contributed by atoms with Gasteiger partial charge >= 0.3 is 5.97 Å². The van der Waals surface area contributed by atoms with Crippen molar-refractivity contribution in [1.29, 1.82) is 0 Å². The van der Waals surface area contributed by atoms with E-state index in [0.29, 0.717) is 0 Å². The molecule has 0 heterocycles. The van der Waals surface area contributed by atoms with Crippen molar-refractivity contribution in [2.75, 3.05) is 0 Å². The van der Waals surface area contributed by atoms with Crippen molar-refractivity contribution in [2.24, 2.45) is 0 Å². The summed E-state index contributed by atoms with van der Waals surface area (Å²) in [7, 11) is 0. The van der Waals surface area contributed by atoms with E-state index in [0.717, 1.165) is 0 Å². The van der Waals surface area contributed by atoms with Crippen LogP contribution in [0.15, 0.2) is 0 Å². The lowest BCUT2D eigenvalue weighted by Gasteiger charge is -2.24. The molecule has 0 aromatic carbocycles. The Hall–Kier alpha value is -1.10. The zero-order valence-corrected chi connectivity index (χ0v) is 8.25. The molecule has 1 unspecified atom stereocenters. The van der Waals surface area contributed by atoms with Crippen LogP contribution in [0.2, 0.25) is 0 Å². The van der Waals surface area contributed by atoms with E-state index in [1.807, 2.05) is 0 Å². The summed E-state index contributed by atoms with van der Waals surface area (Å²) in [6, 6.07) is 0. The summed E-state index contributed by atoms with van der Waals surface area (Å²) in [6.45, 7) is 6.38. The second-order valence-corrected chi connectivity index (χ2v) is 3.65. The highest BCUT2D eigenvalue weighted by molar-refractivity contribution is 5.80. The van der Waals surface area contributed by atoms with Crippen molar-refractivity contribution in [1.82, 2.24) is 5.32 Å². The molecule has 0 rings (SSSR count). The molecule has 0 bridgehead atoms. The SMILES string of the molecule is CC(=O)NC(OC(C)(C)C)C(=O)O. The molecule has 5 heteroatoms. The first-order valence-electron chi connectivity index (χ1n) is 3.90. The van der Waals surface area contributed by atoms with Crippen molar-refractivity contribution < 1.29 is 19.4 Å². The van der Waals surface area contributed by atoms with Gasteiger partial charge in [-0.1, -0.05) is 0 Å². The van der Waals surface area contributed by atoms with Gasteiger partial charge in [-0.25, -0.2) is 4.79 Å². The predicted molar refractivity (Wildman–Crippen MR) is 46.1 cm³/mol. The van der Waals surface area contributed by atoms with E-state index < -0.39 is 23.7 Å². The second-order valence-electron chi connectivity index (χ2n) is 3.65. The number of rotatable bonds is 3. The number of hydrogen-bond acceptors (Lipinski definition) is 3. The smallest absolute Gasteiger partial charge is 0.354 e. The van der Waals surface area contributed by atoms with Crippen LogP contribution in [-0.4, -0.2) is 28.8 Å². The minimum atomic E-state index is -1.28. The van der Waals surface area contributed by atoms with Crippen LogP contribution in [0, 0.1) is 0 Å². The fraction of sp³-hybridized carbons (Fsp3) is 0.750. The highest BCUT2D eigenvalue weighted by Crippen LogP contribution is 2.09. The summed E-state index contributed by atoms with van der Waals surface area (Å²) in [6.07, 6.45) is -1.28. The minimum Gasteiger partial charge on any atom is -0.478 e. The lowest BCUT2D eigenvalue weighted by atomic mass is 10.2. The number of nitrogens with one attached hydrogen (secondary N) is 1. The van der Waals surface area contributed by atoms with Gasteiger partial charge < -0.3 is 15.2 Å². The van der Waals surface area contributed by atoms with Gasteiger partial charge in [0, 0.05) is 6.92 Å². The first kappa shape index (κ1) is 11.9. The van der Waals surface area contributed by atoms with E-state index in [4.69, 9.17) is 9.84 Å². The maximum atomic E-state index is 10.6. The summed E-state index contributed by atoms with van der Waals surface area (Å²) in [5.41, 5.74) is -0.606. The Labute approximate surface area is 77.1 Å². The Morgan fingerprint density at radius 3 is 2.08 bits per heavy atom. The number of carboxylic acids is 1. The van der Waals surface area contributed by atoms with E-state index in [1.54, 1.807) is 20.8 Å². The molecule has 5 nitrogen and oxygen atoms in total. The monoisotopic (exact) mass is 189 g/mol. The van der Waals surface area contributed by atoms with E-state index in [1.165, 1.54) is 6.92 Å². The van der Waals surface area contributed by atoms with Crippen LogP contribution < -0.4 is 5.32 Å². The summed E-state index contributed by atoms with van der Waals surface area (Å²) in [4.78, 5) is 21.2. The van der Waals surface area contributed by atoms with Crippen molar-refractivity contribution >= 4 is 11.9 Å². The predicted octanol–water partition coefficient (Wildman–Crippen LogP) is 0.348. The van der Waals surface area contributed by atoms with Crippen LogP contribution in [0.1, 0.15) is 27.7 Å². The van der Waals surface area contributed by atoms with Gasteiger partial charge in [-0.3, -0.25) is 4.79 Å². The number of amides is 1. The third kappa shape index (κ3) is 6.10. The third-order valence-electron chi connectivity index (χ3n) is 1.03. The summed E-state index contributed by atoms with van der Waals surface area (Å²) in [5, 5.41) is 10.8. The Morgan fingerprint density at radius 2 is 1.85 bits per heavy atom. The molecule has 0 radical (unpaired) electrons. The Bertz CT molecular complexity index is 207. The molecule has 0 saturated carbocycles. The summed E-state index contributed by atoms with van der Waals surface area (Å²) >= 11 is 0. The standard InChI is InChI=1S/C8H15NO4/c1-5(10)9-6(7(11)12)13-8(2,3)4/h6H,1-4H3,(H,9,10)(H,11,12). The number of ether oxygens (including phenoxy) is 1. The van der Waals surface area contributed by atoms with Crippen LogP contribution in [0.4, 0.5) is 0 Å². The average Bonchev–Trinajstić information content (AvgIpc) is 1.81. The highest BCUT2D eigenvalue weighted by atomic mass is 16.5. The van der Waals surface area contributed by atoms with Crippen LogP contribution in [0.25, 0.3) is 0 Å². The van der Waals surface area contributed by atoms with Crippen molar-refractivity contribution in [3.8, 4) is 0 Å². The first-order valence-corrected chi connectivity index (χ1v) is 3.90. The molecule has 0 fully saturated rings. The normalized spacial score (nSPS) is 13.5. The third-order valence-corrected chi connectivity index (χ3v) is 1.03. The quantitative estimate of drug-likeness (QED) is 0.628. The van der Waals surface area contributed by atoms with Crippen LogP contribution in [-0.2, 0) is 14.3 Å². The topological polar surface area (TPSA) is 75.6 Å². The first-order chi connectivity index (χ1) is 5.72. The molecule has 13 heavy (non-hydrogen) atoms. The summed E-state index contributed by atoms with van der Waals surface area (Å²) in [5.74, 6) is -1.64. The van der Waals surface area contributed by atoms with Gasteiger partial charge in [0.15, 0.2) is 0 Å². The van der Waals surface area contributed by atoms with Gasteiger partial charge in [0.2, 0.25) is 12.1 Å². The molecule has 0 saturated heterocycles. The number of carboxylic acid groups (broad SMARTS) is 1. The summed E-state index contributed by atoms with van der Waals surface area (Å²) < 4.78 is 5.08. The van der Waals surface area contributed by atoms with Gasteiger partial charge in [-0.2, -0.15) is 0 Å². The molecule has 0 spiro atoms. The van der Waals surface area contributed by atoms with Crippen molar-refractivity contribution in [3.63, 3.8) is 0 Å². The van der Waals surface area contributed by atoms with Crippen molar-refractivity contribution in [2.45, 2.75) is 39.5 Å². The average molecular weight is 189 g/mol. The number of carbonyl (C=O) groups is 2. The minimum absolute atomic E-state index is 0.434.